The number of alkyl carbamates (subject to hydrolysis) is 1. The highest BCUT2D eigenvalue weighted by molar-refractivity contribution is 8.00. The maximum Gasteiger partial charge on any atom is 0.408 e. The number of methoxy groups -OCH3 is 1. The van der Waals surface area contributed by atoms with Crippen molar-refractivity contribution in [1.29, 1.82) is 0 Å². The van der Waals surface area contributed by atoms with Crippen LogP contribution in [0.1, 0.15) is 34.1 Å². The van der Waals surface area contributed by atoms with Gasteiger partial charge in [-0.25, -0.2) is 9.59 Å². The van der Waals surface area contributed by atoms with Crippen LogP contribution in [0, 0.1) is 0 Å². The summed E-state index contributed by atoms with van der Waals surface area (Å²) in [6, 6.07) is -0.588. The number of fused-ring (bicyclic) bond motifs is 1. The van der Waals surface area contributed by atoms with Gasteiger partial charge in [0.25, 0.3) is 0 Å². The molecule has 2 heterocycles. The number of nitrogens with zero attached hydrogens (tertiary/aromatic N) is 1. The van der Waals surface area contributed by atoms with Crippen LogP contribution in [0.3, 0.4) is 0 Å². The summed E-state index contributed by atoms with van der Waals surface area (Å²) in [5, 5.41) is 2.52. The summed E-state index contributed by atoms with van der Waals surface area (Å²) >= 11 is 1.52. The molecule has 0 aliphatic carbocycles. The van der Waals surface area contributed by atoms with Gasteiger partial charge in [-0.1, -0.05) is 0 Å². The third-order valence-electron chi connectivity index (χ3n) is 3.63. The molecule has 0 aromatic carbocycles. The van der Waals surface area contributed by atoms with Crippen LogP contribution < -0.4 is 5.32 Å². The van der Waals surface area contributed by atoms with Crippen molar-refractivity contribution in [3.63, 3.8) is 0 Å². The van der Waals surface area contributed by atoms with E-state index >= 15 is 0 Å². The fourth-order valence-corrected chi connectivity index (χ4v) is 4.22. The summed E-state index contributed by atoms with van der Waals surface area (Å²) in [7, 11) is 1.30. The van der Waals surface area contributed by atoms with Crippen molar-refractivity contribution in [2.75, 3.05) is 12.9 Å². The number of hydrogen-bond acceptors (Lipinski definition) is 6. The quantitative estimate of drug-likeness (QED) is 0.764. The van der Waals surface area contributed by atoms with Crippen molar-refractivity contribution >= 4 is 29.7 Å². The lowest BCUT2D eigenvalue weighted by molar-refractivity contribution is -0.151. The van der Waals surface area contributed by atoms with Gasteiger partial charge >= 0.3 is 12.1 Å². The van der Waals surface area contributed by atoms with Crippen LogP contribution in [-0.2, 0) is 19.1 Å². The van der Waals surface area contributed by atoms with Gasteiger partial charge in [0.05, 0.1) is 12.5 Å². The van der Waals surface area contributed by atoms with Crippen LogP contribution in [0.4, 0.5) is 4.79 Å². The second-order valence-corrected chi connectivity index (χ2v) is 7.91. The Morgan fingerprint density at radius 2 is 2.05 bits per heavy atom. The molecule has 124 valence electrons. The molecule has 2 amide bonds. The van der Waals surface area contributed by atoms with E-state index in [0.717, 1.165) is 0 Å². The monoisotopic (exact) mass is 330 g/mol. The summed E-state index contributed by atoms with van der Waals surface area (Å²) in [6.07, 6.45) is -0.201. The number of carbonyl (C=O) groups excluding carboxylic acids is 3. The first kappa shape index (κ1) is 16.9. The Balaban J connectivity index is 2.10. The third kappa shape index (κ3) is 3.16. The van der Waals surface area contributed by atoms with Gasteiger partial charge in [-0.3, -0.25) is 4.79 Å². The highest BCUT2D eigenvalue weighted by atomic mass is 32.2. The van der Waals surface area contributed by atoms with Crippen LogP contribution in [0.15, 0.2) is 0 Å². The van der Waals surface area contributed by atoms with Gasteiger partial charge < -0.3 is 19.7 Å². The zero-order valence-electron chi connectivity index (χ0n) is 13.5. The molecule has 0 aromatic rings. The zero-order valence-corrected chi connectivity index (χ0v) is 14.3. The van der Waals surface area contributed by atoms with E-state index in [4.69, 9.17) is 9.47 Å². The molecule has 0 aromatic heterocycles. The van der Waals surface area contributed by atoms with E-state index in [9.17, 15) is 14.4 Å². The maximum absolute atomic E-state index is 12.7. The predicted molar refractivity (Wildman–Crippen MR) is 81.3 cm³/mol. The molecule has 0 radical (unpaired) electrons. The van der Waals surface area contributed by atoms with Gasteiger partial charge in [-0.05, 0) is 27.7 Å². The molecule has 1 N–H and O–H groups in total. The minimum Gasteiger partial charge on any atom is -0.467 e. The van der Waals surface area contributed by atoms with Gasteiger partial charge in [0, 0.05) is 12.2 Å². The maximum atomic E-state index is 12.7. The van der Waals surface area contributed by atoms with Crippen molar-refractivity contribution in [3.05, 3.63) is 0 Å². The van der Waals surface area contributed by atoms with Gasteiger partial charge in [0.2, 0.25) is 5.91 Å². The third-order valence-corrected chi connectivity index (χ3v) is 4.92. The first-order valence-corrected chi connectivity index (χ1v) is 8.15. The van der Waals surface area contributed by atoms with Crippen molar-refractivity contribution < 1.29 is 23.9 Å². The van der Waals surface area contributed by atoms with Crippen LogP contribution in [0.5, 0.6) is 0 Å². The summed E-state index contributed by atoms with van der Waals surface area (Å²) in [5.74, 6) is -0.181. The van der Waals surface area contributed by atoms with E-state index in [-0.39, 0.29) is 11.3 Å². The summed E-state index contributed by atoms with van der Waals surface area (Å²) in [6.45, 7) is 6.93. The molecular weight excluding hydrogens is 308 g/mol. The highest BCUT2D eigenvalue weighted by Gasteiger charge is 2.56. The van der Waals surface area contributed by atoms with Gasteiger partial charge in [0.15, 0.2) is 0 Å². The molecular formula is C14H22N2O5S. The number of ether oxygens (including phenoxy) is 2. The average molecular weight is 330 g/mol. The number of rotatable bonds is 2. The van der Waals surface area contributed by atoms with E-state index in [1.807, 2.05) is 0 Å². The van der Waals surface area contributed by atoms with Crippen molar-refractivity contribution in [1.82, 2.24) is 10.2 Å². The average Bonchev–Trinajstić information content (AvgIpc) is 2.86. The number of thioether (sulfide) groups is 1. The lowest BCUT2D eigenvalue weighted by Gasteiger charge is -2.28. The van der Waals surface area contributed by atoms with Gasteiger partial charge in [-0.2, -0.15) is 0 Å². The lowest BCUT2D eigenvalue weighted by atomic mass is 10.0. The second kappa shape index (κ2) is 5.64. The van der Waals surface area contributed by atoms with Crippen LogP contribution in [0.2, 0.25) is 0 Å². The highest BCUT2D eigenvalue weighted by Crippen LogP contribution is 2.42. The number of hydrogen-bond donors (Lipinski definition) is 1. The first-order valence-electron chi connectivity index (χ1n) is 7.11. The molecule has 2 aliphatic heterocycles. The van der Waals surface area contributed by atoms with E-state index < -0.39 is 29.2 Å². The van der Waals surface area contributed by atoms with Crippen LogP contribution in [-0.4, -0.2) is 58.3 Å². The molecule has 0 saturated carbocycles. The Kier molecular flexibility index (Phi) is 4.34. The molecule has 2 fully saturated rings. The molecule has 22 heavy (non-hydrogen) atoms. The molecule has 7 nitrogen and oxygen atoms in total. The predicted octanol–water partition coefficient (Wildman–Crippen LogP) is 1.12. The van der Waals surface area contributed by atoms with E-state index in [1.54, 1.807) is 27.7 Å². The van der Waals surface area contributed by atoms with Gasteiger partial charge in [0.1, 0.15) is 17.2 Å². The molecule has 3 atom stereocenters. The van der Waals surface area contributed by atoms with E-state index in [2.05, 4.69) is 5.32 Å². The minimum absolute atomic E-state index is 0.128. The molecule has 2 rings (SSSR count). The molecule has 0 spiro atoms. The normalized spacial score (nSPS) is 31.0. The Hall–Kier alpha value is -1.44. The number of carbonyl (C=O) groups is 3. The number of amides is 2. The lowest BCUT2D eigenvalue weighted by Crippen LogP contribution is -2.55. The molecule has 2 saturated heterocycles. The van der Waals surface area contributed by atoms with E-state index in [0.29, 0.717) is 12.2 Å². The topological polar surface area (TPSA) is 84.9 Å². The smallest absolute Gasteiger partial charge is 0.408 e. The molecule has 0 bridgehead atoms. The molecule has 2 aliphatic rings. The second-order valence-electron chi connectivity index (χ2n) is 6.70. The first-order chi connectivity index (χ1) is 10.1. The minimum atomic E-state index is -1.06. The fourth-order valence-electron chi connectivity index (χ4n) is 2.67. The summed E-state index contributed by atoms with van der Waals surface area (Å²) < 4.78 is 9.96. The van der Waals surface area contributed by atoms with E-state index in [1.165, 1.54) is 23.8 Å². The largest absolute Gasteiger partial charge is 0.467 e. The Morgan fingerprint density at radius 3 is 2.59 bits per heavy atom. The Labute approximate surface area is 134 Å². The van der Waals surface area contributed by atoms with Crippen molar-refractivity contribution in [2.24, 2.45) is 0 Å². The Bertz CT molecular complexity index is 504. The van der Waals surface area contributed by atoms with Gasteiger partial charge in [-0.15, -0.1) is 11.8 Å². The van der Waals surface area contributed by atoms with Crippen molar-refractivity contribution in [3.8, 4) is 0 Å². The van der Waals surface area contributed by atoms with Crippen LogP contribution >= 0.6 is 11.8 Å². The number of esters is 1. The molecule has 0 unspecified atom stereocenters. The Morgan fingerprint density at radius 1 is 1.41 bits per heavy atom. The SMILES string of the molecule is COC(=O)[C@@H]1CS[C@H]2C[C@@](C)(NC(=O)OC(C)(C)C)C(=O)N21. The zero-order chi connectivity index (χ0) is 16.7. The standard InChI is InChI=1S/C14H22N2O5S/c1-13(2,3)21-12(19)15-14(4)6-9-16(11(14)18)8(7-22-9)10(17)20-5/h8-9H,6-7H2,1-5H3,(H,15,19)/t8-,9-,14+/m0/s1. The summed E-state index contributed by atoms with van der Waals surface area (Å²) in [5.41, 5.74) is -1.70. The number of nitrogens with one attached hydrogen (secondary N) is 1. The summed E-state index contributed by atoms with van der Waals surface area (Å²) in [4.78, 5) is 37.9. The fraction of sp³-hybridized carbons (Fsp3) is 0.786. The molecule has 8 heteroatoms. The van der Waals surface area contributed by atoms with Crippen molar-refractivity contribution in [2.45, 2.75) is 56.7 Å². The van der Waals surface area contributed by atoms with Crippen LogP contribution in [0.25, 0.3) is 0 Å².